The molecule has 0 N–H and O–H groups in total. The van der Waals surface area contributed by atoms with E-state index in [1.54, 1.807) is 24.3 Å². The highest BCUT2D eigenvalue weighted by Crippen LogP contribution is 2.32. The van der Waals surface area contributed by atoms with E-state index in [0.717, 1.165) is 0 Å². The molecule has 3 rings (SSSR count). The third-order valence-corrected chi connectivity index (χ3v) is 5.76. The van der Waals surface area contributed by atoms with Crippen molar-refractivity contribution in [2.24, 2.45) is 0 Å². The van der Waals surface area contributed by atoms with Crippen molar-refractivity contribution in [3.8, 4) is 0 Å². The normalized spacial score (nSPS) is 23.5. The van der Waals surface area contributed by atoms with Crippen molar-refractivity contribution < 1.29 is 49.6 Å². The van der Waals surface area contributed by atoms with Crippen LogP contribution in [-0.2, 0) is 28.5 Å². The fourth-order valence-electron chi connectivity index (χ4n) is 3.04. The molecule has 33 heavy (non-hydrogen) atoms. The van der Waals surface area contributed by atoms with Gasteiger partial charge in [0.2, 0.25) is 0 Å². The Hall–Kier alpha value is -2.96. The number of alkyl halides is 3. The lowest BCUT2D eigenvalue weighted by molar-refractivity contribution is -0.178. The van der Waals surface area contributed by atoms with Gasteiger partial charge in [-0.3, -0.25) is 4.18 Å². The zero-order valence-electron chi connectivity index (χ0n) is 17.1. The molecule has 178 valence electrons. The van der Waals surface area contributed by atoms with Crippen molar-refractivity contribution in [1.82, 2.24) is 0 Å². The van der Waals surface area contributed by atoms with Crippen LogP contribution in [-0.4, -0.2) is 56.9 Å². The zero-order valence-corrected chi connectivity index (χ0v) is 17.9. The van der Waals surface area contributed by atoms with Crippen LogP contribution in [0.25, 0.3) is 0 Å². The maximum absolute atomic E-state index is 13.0. The van der Waals surface area contributed by atoms with E-state index in [4.69, 9.17) is 14.2 Å². The van der Waals surface area contributed by atoms with E-state index in [1.165, 1.54) is 43.3 Å². The highest BCUT2D eigenvalue weighted by atomic mass is 32.2. The molecule has 12 heteroatoms. The fourth-order valence-corrected chi connectivity index (χ4v) is 3.71. The average molecular weight is 488 g/mol. The summed E-state index contributed by atoms with van der Waals surface area (Å²) < 4.78 is 82.5. The third kappa shape index (κ3) is 5.89. The summed E-state index contributed by atoms with van der Waals surface area (Å²) in [5.41, 5.74) is -5.57. The molecule has 0 bridgehead atoms. The lowest BCUT2D eigenvalue weighted by Gasteiger charge is -2.39. The van der Waals surface area contributed by atoms with Gasteiger partial charge in [-0.05, 0) is 31.2 Å². The maximum Gasteiger partial charge on any atom is 0.523 e. The molecule has 0 aromatic heterocycles. The number of hydrogen-bond donors (Lipinski definition) is 0. The minimum atomic E-state index is -6.08. The molecule has 0 saturated carbocycles. The predicted molar refractivity (Wildman–Crippen MR) is 107 cm³/mol. The Balaban J connectivity index is 1.91. The van der Waals surface area contributed by atoms with Gasteiger partial charge in [-0.1, -0.05) is 36.4 Å². The van der Waals surface area contributed by atoms with Gasteiger partial charge >= 0.3 is 27.6 Å². The Morgan fingerprint density at radius 1 is 0.879 bits per heavy atom. The molecule has 1 aliphatic heterocycles. The van der Waals surface area contributed by atoms with Crippen LogP contribution in [0.1, 0.15) is 27.6 Å². The van der Waals surface area contributed by atoms with E-state index in [-0.39, 0.29) is 17.7 Å². The molecule has 2 aromatic carbocycles. The van der Waals surface area contributed by atoms with Crippen LogP contribution in [0.2, 0.25) is 0 Å². The molecule has 1 aliphatic rings. The summed E-state index contributed by atoms with van der Waals surface area (Å²) in [6.45, 7) is 0.869. The molecule has 1 saturated heterocycles. The predicted octanol–water partition coefficient (Wildman–Crippen LogP) is 3.09. The fraction of sp³-hybridized carbons (Fsp3) is 0.333. The number of rotatable bonds is 6. The van der Waals surface area contributed by atoms with Crippen molar-refractivity contribution in [1.29, 1.82) is 0 Å². The maximum atomic E-state index is 13.0. The Labute approximate surface area is 187 Å². The molecule has 1 fully saturated rings. The summed E-state index contributed by atoms with van der Waals surface area (Å²) in [5, 5.41) is 0. The van der Waals surface area contributed by atoms with Crippen LogP contribution < -0.4 is 0 Å². The molecule has 0 spiro atoms. The number of halogens is 3. The molecular weight excluding hydrogens is 469 g/mol. The number of benzene rings is 2. The van der Waals surface area contributed by atoms with Gasteiger partial charge in [-0.15, -0.1) is 0 Å². The van der Waals surface area contributed by atoms with Gasteiger partial charge in [0.05, 0.1) is 23.8 Å². The minimum absolute atomic E-state index is 0.0437. The van der Waals surface area contributed by atoms with Gasteiger partial charge in [0.15, 0.2) is 12.2 Å². The molecule has 0 amide bonds. The van der Waals surface area contributed by atoms with Crippen LogP contribution in [0.3, 0.4) is 0 Å². The number of ether oxygens (including phenoxy) is 3. The van der Waals surface area contributed by atoms with E-state index in [9.17, 15) is 31.2 Å². The van der Waals surface area contributed by atoms with Gasteiger partial charge in [-0.2, -0.15) is 21.6 Å². The number of carbonyl (C=O) groups is 2. The summed E-state index contributed by atoms with van der Waals surface area (Å²) in [6.07, 6.45) is -6.35. The SMILES string of the molecule is C[C@H]1OC[C@H](OC(=O)c2ccccc2)[C@@H](OC(=O)c2ccccc2)[C@H]1OS(=O)(=O)C(F)(F)F. The van der Waals surface area contributed by atoms with Crippen molar-refractivity contribution in [2.45, 2.75) is 36.8 Å². The Kier molecular flexibility index (Phi) is 7.40. The third-order valence-electron chi connectivity index (χ3n) is 4.72. The largest absolute Gasteiger partial charge is 0.523 e. The van der Waals surface area contributed by atoms with Crippen molar-refractivity contribution >= 4 is 22.1 Å². The highest BCUT2D eigenvalue weighted by Gasteiger charge is 2.53. The van der Waals surface area contributed by atoms with Crippen molar-refractivity contribution in [3.63, 3.8) is 0 Å². The number of carbonyl (C=O) groups excluding carboxylic acids is 2. The summed E-state index contributed by atoms with van der Waals surface area (Å²) in [7, 11) is -6.08. The summed E-state index contributed by atoms with van der Waals surface area (Å²) in [5.74, 6) is -1.86. The quantitative estimate of drug-likeness (QED) is 0.347. The first-order valence-electron chi connectivity index (χ1n) is 9.63. The van der Waals surface area contributed by atoms with Crippen LogP contribution >= 0.6 is 0 Å². The molecular formula is C21H19F3O8S. The van der Waals surface area contributed by atoms with Gasteiger partial charge in [0.25, 0.3) is 0 Å². The van der Waals surface area contributed by atoms with Crippen LogP contribution in [0.4, 0.5) is 13.2 Å². The second kappa shape index (κ2) is 9.89. The van der Waals surface area contributed by atoms with E-state index in [1.807, 2.05) is 0 Å². The van der Waals surface area contributed by atoms with Gasteiger partial charge < -0.3 is 14.2 Å². The zero-order chi connectivity index (χ0) is 24.2. The Morgan fingerprint density at radius 2 is 1.36 bits per heavy atom. The van der Waals surface area contributed by atoms with E-state index in [0.29, 0.717) is 0 Å². The second-order valence-corrected chi connectivity index (χ2v) is 8.61. The summed E-state index contributed by atoms with van der Waals surface area (Å²) >= 11 is 0. The summed E-state index contributed by atoms with van der Waals surface area (Å²) in [4.78, 5) is 25.1. The van der Waals surface area contributed by atoms with Gasteiger partial charge in [0.1, 0.15) is 6.10 Å². The first-order chi connectivity index (χ1) is 15.5. The van der Waals surface area contributed by atoms with E-state index >= 15 is 0 Å². The Morgan fingerprint density at radius 3 is 1.85 bits per heavy atom. The van der Waals surface area contributed by atoms with Crippen molar-refractivity contribution in [3.05, 3.63) is 71.8 Å². The highest BCUT2D eigenvalue weighted by molar-refractivity contribution is 7.87. The molecule has 1 heterocycles. The van der Waals surface area contributed by atoms with Crippen molar-refractivity contribution in [2.75, 3.05) is 6.61 Å². The first kappa shape index (κ1) is 24.7. The first-order valence-corrected chi connectivity index (χ1v) is 11.0. The van der Waals surface area contributed by atoms with Gasteiger partial charge in [0, 0.05) is 0 Å². The van der Waals surface area contributed by atoms with Gasteiger partial charge in [-0.25, -0.2) is 9.59 Å². The van der Waals surface area contributed by atoms with E-state index in [2.05, 4.69) is 4.18 Å². The van der Waals surface area contributed by atoms with Crippen LogP contribution in [0.5, 0.6) is 0 Å². The van der Waals surface area contributed by atoms with E-state index < -0.39 is 52.0 Å². The number of hydrogen-bond acceptors (Lipinski definition) is 8. The Bertz CT molecular complexity index is 1070. The molecule has 0 aliphatic carbocycles. The molecule has 2 aromatic rings. The monoisotopic (exact) mass is 488 g/mol. The smallest absolute Gasteiger partial charge is 0.452 e. The topological polar surface area (TPSA) is 105 Å². The number of esters is 2. The average Bonchev–Trinajstić information content (AvgIpc) is 2.78. The lowest BCUT2D eigenvalue weighted by Crippen LogP contribution is -2.57. The molecule has 4 atom stereocenters. The minimum Gasteiger partial charge on any atom is -0.452 e. The standard InChI is InChI=1S/C21H19F3O8S/c1-13-17(32-33(27,28)21(22,23)24)18(31-20(26)15-10-6-3-7-11-15)16(12-29-13)30-19(25)14-8-4-2-5-9-14/h2-11,13,16-18H,12H2,1H3/t13-,16+,17+,18-/m1/s1. The van der Waals surface area contributed by atoms with Crippen LogP contribution in [0, 0.1) is 0 Å². The van der Waals surface area contributed by atoms with Crippen LogP contribution in [0.15, 0.2) is 60.7 Å². The lowest BCUT2D eigenvalue weighted by atomic mass is 10.0. The molecule has 0 radical (unpaired) electrons. The summed E-state index contributed by atoms with van der Waals surface area (Å²) in [6, 6.07) is 15.1. The molecule has 0 unspecified atom stereocenters. The molecule has 8 nitrogen and oxygen atoms in total. The second-order valence-electron chi connectivity index (χ2n) is 7.04.